The number of aromatic amines is 1. The molecule has 0 saturated heterocycles. The highest BCUT2D eigenvalue weighted by atomic mass is 35.5. The quantitative estimate of drug-likeness (QED) is 0.784. The molecular weight excluding hydrogens is 263 g/mol. The number of rotatable bonds is 2. The Morgan fingerprint density at radius 3 is 2.71 bits per heavy atom. The van der Waals surface area contributed by atoms with Crippen molar-refractivity contribution >= 4 is 40.6 Å². The molecular formula is C10H8Cl2N4O. The number of nitrogens with zero attached hydrogens (tertiary/aromatic N) is 1. The fraction of sp³-hybridized carbons (Fsp3) is 0. The minimum absolute atomic E-state index is 0.211. The van der Waals surface area contributed by atoms with Crippen LogP contribution in [-0.2, 0) is 0 Å². The van der Waals surface area contributed by atoms with Crippen molar-refractivity contribution in [1.82, 2.24) is 10.2 Å². The average molecular weight is 271 g/mol. The van der Waals surface area contributed by atoms with Crippen LogP contribution in [0, 0.1) is 0 Å². The molecule has 1 aromatic carbocycles. The Kier molecular flexibility index (Phi) is 3.21. The molecule has 0 aliphatic carbocycles. The van der Waals surface area contributed by atoms with Gasteiger partial charge in [0.2, 0.25) is 0 Å². The number of nitrogens with one attached hydrogen (secondary N) is 2. The third kappa shape index (κ3) is 2.51. The largest absolute Gasteiger partial charge is 0.383 e. The number of hydrogen-bond acceptors (Lipinski definition) is 3. The number of hydrogen-bond donors (Lipinski definition) is 3. The number of amides is 1. The number of carbonyl (C=O) groups excluding carboxylic acids is 1. The van der Waals surface area contributed by atoms with Crippen molar-refractivity contribution in [2.75, 3.05) is 11.1 Å². The summed E-state index contributed by atoms with van der Waals surface area (Å²) >= 11 is 11.6. The first-order valence-corrected chi connectivity index (χ1v) is 5.39. The molecule has 1 aromatic heterocycles. The van der Waals surface area contributed by atoms with Crippen LogP contribution in [0.2, 0.25) is 10.0 Å². The zero-order valence-corrected chi connectivity index (χ0v) is 10.0. The molecule has 88 valence electrons. The van der Waals surface area contributed by atoms with E-state index in [-0.39, 0.29) is 17.3 Å². The maximum atomic E-state index is 11.8. The second-order valence-electron chi connectivity index (χ2n) is 3.28. The molecule has 0 radical (unpaired) electrons. The summed E-state index contributed by atoms with van der Waals surface area (Å²) in [5.41, 5.74) is 6.33. The molecule has 0 fully saturated rings. The Hall–Kier alpha value is -1.72. The highest BCUT2D eigenvalue weighted by molar-refractivity contribution is 6.42. The molecule has 2 aromatic rings. The predicted molar refractivity (Wildman–Crippen MR) is 67.4 cm³/mol. The van der Waals surface area contributed by atoms with E-state index in [2.05, 4.69) is 15.5 Å². The predicted octanol–water partition coefficient (Wildman–Crippen LogP) is 2.55. The molecule has 2 rings (SSSR count). The van der Waals surface area contributed by atoms with Crippen molar-refractivity contribution in [1.29, 1.82) is 0 Å². The first-order valence-electron chi connectivity index (χ1n) is 4.63. The van der Waals surface area contributed by atoms with Gasteiger partial charge in [-0.15, -0.1) is 0 Å². The molecule has 0 unspecified atom stereocenters. The van der Waals surface area contributed by atoms with E-state index >= 15 is 0 Å². The average Bonchev–Trinajstić information content (AvgIpc) is 2.70. The van der Waals surface area contributed by atoms with E-state index in [9.17, 15) is 4.79 Å². The minimum atomic E-state index is -0.366. The lowest BCUT2D eigenvalue weighted by Crippen LogP contribution is -2.12. The normalized spacial score (nSPS) is 10.2. The Labute approximate surface area is 107 Å². The van der Waals surface area contributed by atoms with Crippen LogP contribution in [0.15, 0.2) is 24.4 Å². The lowest BCUT2D eigenvalue weighted by Gasteiger charge is -2.05. The van der Waals surface area contributed by atoms with Gasteiger partial charge in [-0.25, -0.2) is 0 Å². The zero-order valence-electron chi connectivity index (χ0n) is 8.50. The lowest BCUT2D eigenvalue weighted by molar-refractivity contribution is 0.102. The van der Waals surface area contributed by atoms with Crippen LogP contribution in [0.5, 0.6) is 0 Å². The first kappa shape index (κ1) is 11.8. The number of aromatic nitrogens is 2. The monoisotopic (exact) mass is 270 g/mol. The van der Waals surface area contributed by atoms with Gasteiger partial charge in [0.15, 0.2) is 0 Å². The molecule has 4 N–H and O–H groups in total. The number of halogens is 2. The maximum absolute atomic E-state index is 11.8. The Morgan fingerprint density at radius 1 is 1.35 bits per heavy atom. The lowest BCUT2D eigenvalue weighted by atomic mass is 10.2. The van der Waals surface area contributed by atoms with E-state index in [0.29, 0.717) is 15.7 Å². The second kappa shape index (κ2) is 4.65. The fourth-order valence-electron chi connectivity index (χ4n) is 1.25. The third-order valence-electron chi connectivity index (χ3n) is 2.09. The van der Waals surface area contributed by atoms with E-state index in [1.54, 1.807) is 18.2 Å². The van der Waals surface area contributed by atoms with Crippen LogP contribution in [0.25, 0.3) is 0 Å². The molecule has 5 nitrogen and oxygen atoms in total. The van der Waals surface area contributed by atoms with Gasteiger partial charge in [0.05, 0.1) is 16.2 Å². The molecule has 0 aliphatic heterocycles. The van der Waals surface area contributed by atoms with Crippen molar-refractivity contribution in [2.24, 2.45) is 0 Å². The van der Waals surface area contributed by atoms with Crippen LogP contribution in [0.1, 0.15) is 10.4 Å². The molecule has 0 bridgehead atoms. The SMILES string of the molecule is Nc1[nH]ncc1C(=O)Nc1ccc(Cl)c(Cl)c1. The Morgan fingerprint density at radius 2 is 2.12 bits per heavy atom. The zero-order chi connectivity index (χ0) is 12.4. The maximum Gasteiger partial charge on any atom is 0.261 e. The van der Waals surface area contributed by atoms with Crippen molar-refractivity contribution in [3.8, 4) is 0 Å². The number of nitrogens with two attached hydrogens (primary N) is 1. The fourth-order valence-corrected chi connectivity index (χ4v) is 1.55. The third-order valence-corrected chi connectivity index (χ3v) is 2.83. The van der Waals surface area contributed by atoms with Gasteiger partial charge in [-0.2, -0.15) is 5.10 Å². The molecule has 0 spiro atoms. The summed E-state index contributed by atoms with van der Waals surface area (Å²) in [6, 6.07) is 4.79. The van der Waals surface area contributed by atoms with E-state index in [1.807, 2.05) is 0 Å². The summed E-state index contributed by atoms with van der Waals surface area (Å²) < 4.78 is 0. The number of nitrogen functional groups attached to an aromatic ring is 1. The molecule has 17 heavy (non-hydrogen) atoms. The number of carbonyl (C=O) groups is 1. The van der Waals surface area contributed by atoms with E-state index in [1.165, 1.54) is 6.20 Å². The van der Waals surface area contributed by atoms with Crippen LogP contribution >= 0.6 is 23.2 Å². The molecule has 0 aliphatic rings. The van der Waals surface area contributed by atoms with Gasteiger partial charge in [-0.3, -0.25) is 9.89 Å². The van der Waals surface area contributed by atoms with Crippen molar-refractivity contribution in [3.05, 3.63) is 40.0 Å². The molecule has 0 atom stereocenters. The van der Waals surface area contributed by atoms with Gasteiger partial charge in [-0.05, 0) is 18.2 Å². The van der Waals surface area contributed by atoms with E-state index < -0.39 is 0 Å². The molecule has 0 saturated carbocycles. The minimum Gasteiger partial charge on any atom is -0.383 e. The number of benzene rings is 1. The number of H-pyrrole nitrogens is 1. The van der Waals surface area contributed by atoms with Gasteiger partial charge in [0.25, 0.3) is 5.91 Å². The Bertz CT molecular complexity index is 567. The smallest absolute Gasteiger partial charge is 0.261 e. The van der Waals surface area contributed by atoms with Crippen molar-refractivity contribution < 1.29 is 4.79 Å². The van der Waals surface area contributed by atoms with Gasteiger partial charge >= 0.3 is 0 Å². The molecule has 7 heteroatoms. The number of anilines is 2. The summed E-state index contributed by atoms with van der Waals surface area (Å²) in [6.45, 7) is 0. The first-order chi connectivity index (χ1) is 8.08. The van der Waals surface area contributed by atoms with Crippen LogP contribution in [0.4, 0.5) is 11.5 Å². The summed E-state index contributed by atoms with van der Waals surface area (Å²) in [5, 5.41) is 9.55. The van der Waals surface area contributed by atoms with Crippen LogP contribution in [0.3, 0.4) is 0 Å². The van der Waals surface area contributed by atoms with Crippen LogP contribution < -0.4 is 11.1 Å². The summed E-state index contributed by atoms with van der Waals surface area (Å²) in [4.78, 5) is 11.8. The summed E-state index contributed by atoms with van der Waals surface area (Å²) in [7, 11) is 0. The second-order valence-corrected chi connectivity index (χ2v) is 4.09. The van der Waals surface area contributed by atoms with Gasteiger partial charge in [0, 0.05) is 5.69 Å². The Balaban J connectivity index is 2.19. The van der Waals surface area contributed by atoms with Crippen molar-refractivity contribution in [2.45, 2.75) is 0 Å². The standard InChI is InChI=1S/C10H8Cl2N4O/c11-7-2-1-5(3-8(7)12)15-10(17)6-4-14-16-9(6)13/h1-4H,(H,15,17)(H3,13,14,16). The van der Waals surface area contributed by atoms with E-state index in [4.69, 9.17) is 28.9 Å². The highest BCUT2D eigenvalue weighted by Crippen LogP contribution is 2.25. The van der Waals surface area contributed by atoms with Gasteiger partial charge in [0.1, 0.15) is 11.4 Å². The van der Waals surface area contributed by atoms with Gasteiger partial charge in [-0.1, -0.05) is 23.2 Å². The summed E-state index contributed by atoms with van der Waals surface area (Å²) in [5.74, 6) is -0.155. The van der Waals surface area contributed by atoms with E-state index in [0.717, 1.165) is 0 Å². The summed E-state index contributed by atoms with van der Waals surface area (Å²) in [6.07, 6.45) is 1.35. The topological polar surface area (TPSA) is 83.8 Å². The van der Waals surface area contributed by atoms with Crippen molar-refractivity contribution in [3.63, 3.8) is 0 Å². The van der Waals surface area contributed by atoms with Gasteiger partial charge < -0.3 is 11.1 Å². The van der Waals surface area contributed by atoms with Crippen LogP contribution in [-0.4, -0.2) is 16.1 Å². The highest BCUT2D eigenvalue weighted by Gasteiger charge is 2.12. The molecule has 1 amide bonds. The molecule has 1 heterocycles.